The van der Waals surface area contributed by atoms with Gasteiger partial charge in [0.05, 0.1) is 12.6 Å². The SMILES string of the molecule is CN(C)CCOc1ccc(/C=C(/NC(=O)c2ccccc2)C(=O)N[C@H](CO)Cc2ccccc2)cc1. The van der Waals surface area contributed by atoms with Crippen molar-refractivity contribution in [1.82, 2.24) is 15.5 Å². The molecule has 0 heterocycles. The van der Waals surface area contributed by atoms with Gasteiger partial charge in [0.2, 0.25) is 0 Å². The summed E-state index contributed by atoms with van der Waals surface area (Å²) < 4.78 is 5.73. The first-order valence-corrected chi connectivity index (χ1v) is 11.9. The first-order chi connectivity index (χ1) is 17.4. The van der Waals surface area contributed by atoms with E-state index in [0.717, 1.165) is 23.4 Å². The molecule has 188 valence electrons. The van der Waals surface area contributed by atoms with Crippen molar-refractivity contribution in [2.24, 2.45) is 0 Å². The molecule has 2 amide bonds. The Morgan fingerprint density at radius 1 is 0.944 bits per heavy atom. The zero-order valence-corrected chi connectivity index (χ0v) is 20.7. The Bertz CT molecular complexity index is 1130. The summed E-state index contributed by atoms with van der Waals surface area (Å²) in [6.45, 7) is 1.12. The first-order valence-electron chi connectivity index (χ1n) is 11.9. The van der Waals surface area contributed by atoms with E-state index in [-0.39, 0.29) is 12.3 Å². The predicted octanol–water partition coefficient (Wildman–Crippen LogP) is 3.12. The highest BCUT2D eigenvalue weighted by Crippen LogP contribution is 2.15. The van der Waals surface area contributed by atoms with Crippen LogP contribution in [0.2, 0.25) is 0 Å². The van der Waals surface area contributed by atoms with Gasteiger partial charge in [0, 0.05) is 12.1 Å². The molecule has 0 radical (unpaired) electrons. The lowest BCUT2D eigenvalue weighted by Crippen LogP contribution is -2.43. The van der Waals surface area contributed by atoms with Crippen LogP contribution in [0.1, 0.15) is 21.5 Å². The lowest BCUT2D eigenvalue weighted by atomic mass is 10.1. The van der Waals surface area contributed by atoms with Crippen molar-refractivity contribution < 1.29 is 19.4 Å². The molecule has 0 aliphatic rings. The molecular weight excluding hydrogens is 454 g/mol. The molecular formula is C29H33N3O4. The zero-order valence-electron chi connectivity index (χ0n) is 20.7. The Hall–Kier alpha value is -3.94. The number of rotatable bonds is 12. The van der Waals surface area contributed by atoms with Gasteiger partial charge >= 0.3 is 0 Å². The zero-order chi connectivity index (χ0) is 25.8. The summed E-state index contributed by atoms with van der Waals surface area (Å²) in [5.41, 5.74) is 2.22. The third kappa shape index (κ3) is 8.69. The Morgan fingerprint density at radius 2 is 1.58 bits per heavy atom. The van der Waals surface area contributed by atoms with E-state index >= 15 is 0 Å². The van der Waals surface area contributed by atoms with Crippen LogP contribution >= 0.6 is 0 Å². The van der Waals surface area contributed by atoms with Gasteiger partial charge in [-0.3, -0.25) is 9.59 Å². The monoisotopic (exact) mass is 487 g/mol. The van der Waals surface area contributed by atoms with E-state index in [1.54, 1.807) is 30.3 Å². The summed E-state index contributed by atoms with van der Waals surface area (Å²) in [4.78, 5) is 28.1. The van der Waals surface area contributed by atoms with Crippen LogP contribution in [-0.2, 0) is 11.2 Å². The van der Waals surface area contributed by atoms with Crippen molar-refractivity contribution >= 4 is 17.9 Å². The van der Waals surface area contributed by atoms with Crippen molar-refractivity contribution in [2.45, 2.75) is 12.5 Å². The van der Waals surface area contributed by atoms with Gasteiger partial charge in [-0.05, 0) is 62.0 Å². The highest BCUT2D eigenvalue weighted by atomic mass is 16.5. The highest BCUT2D eigenvalue weighted by Gasteiger charge is 2.18. The van der Waals surface area contributed by atoms with Gasteiger partial charge in [0.25, 0.3) is 11.8 Å². The molecule has 3 N–H and O–H groups in total. The molecule has 36 heavy (non-hydrogen) atoms. The molecule has 0 saturated carbocycles. The molecule has 0 aliphatic heterocycles. The summed E-state index contributed by atoms with van der Waals surface area (Å²) in [5.74, 6) is -0.165. The second-order valence-corrected chi connectivity index (χ2v) is 8.64. The molecule has 0 unspecified atom stereocenters. The molecule has 0 aromatic heterocycles. The Kier molecular flexibility index (Phi) is 10.2. The average Bonchev–Trinajstić information content (AvgIpc) is 2.89. The number of ether oxygens (including phenoxy) is 1. The number of hydrogen-bond acceptors (Lipinski definition) is 5. The van der Waals surface area contributed by atoms with E-state index in [4.69, 9.17) is 4.74 Å². The number of benzene rings is 3. The van der Waals surface area contributed by atoms with Crippen LogP contribution in [0.3, 0.4) is 0 Å². The molecule has 0 fully saturated rings. The van der Waals surface area contributed by atoms with E-state index in [1.807, 2.05) is 79.7 Å². The van der Waals surface area contributed by atoms with Crippen molar-refractivity contribution in [3.8, 4) is 5.75 Å². The van der Waals surface area contributed by atoms with Gasteiger partial charge in [-0.25, -0.2) is 0 Å². The van der Waals surface area contributed by atoms with Gasteiger partial charge in [0.1, 0.15) is 18.1 Å². The number of aliphatic hydroxyl groups excluding tert-OH is 1. The highest BCUT2D eigenvalue weighted by molar-refractivity contribution is 6.05. The maximum atomic E-state index is 13.2. The fraction of sp³-hybridized carbons (Fsp3) is 0.241. The number of hydrogen-bond donors (Lipinski definition) is 3. The maximum Gasteiger partial charge on any atom is 0.268 e. The van der Waals surface area contributed by atoms with Crippen molar-refractivity contribution in [2.75, 3.05) is 33.9 Å². The van der Waals surface area contributed by atoms with Crippen LogP contribution in [0.15, 0.2) is 90.6 Å². The smallest absolute Gasteiger partial charge is 0.268 e. The summed E-state index contributed by atoms with van der Waals surface area (Å²) in [6, 6.07) is 25.1. The van der Waals surface area contributed by atoms with E-state index in [9.17, 15) is 14.7 Å². The van der Waals surface area contributed by atoms with Crippen LogP contribution < -0.4 is 15.4 Å². The van der Waals surface area contributed by atoms with Crippen LogP contribution in [0, 0.1) is 0 Å². The second kappa shape index (κ2) is 13.8. The number of aliphatic hydroxyl groups is 1. The lowest BCUT2D eigenvalue weighted by molar-refractivity contribution is -0.118. The van der Waals surface area contributed by atoms with Gasteiger partial charge in [0.15, 0.2) is 0 Å². The minimum absolute atomic E-state index is 0.0802. The van der Waals surface area contributed by atoms with Crippen molar-refractivity contribution in [3.05, 3.63) is 107 Å². The van der Waals surface area contributed by atoms with Gasteiger partial charge in [-0.15, -0.1) is 0 Å². The van der Waals surface area contributed by atoms with Crippen LogP contribution in [0.25, 0.3) is 6.08 Å². The Balaban J connectivity index is 1.77. The molecule has 1 atom stereocenters. The van der Waals surface area contributed by atoms with Crippen LogP contribution in [0.4, 0.5) is 0 Å². The third-order valence-electron chi connectivity index (χ3n) is 5.41. The molecule has 3 aromatic carbocycles. The average molecular weight is 488 g/mol. The predicted molar refractivity (Wildman–Crippen MR) is 142 cm³/mol. The fourth-order valence-electron chi connectivity index (χ4n) is 3.44. The van der Waals surface area contributed by atoms with Gasteiger partial charge in [-0.2, -0.15) is 0 Å². The molecule has 0 saturated heterocycles. The van der Waals surface area contributed by atoms with E-state index < -0.39 is 17.9 Å². The minimum atomic E-state index is -0.510. The normalized spacial score (nSPS) is 12.2. The van der Waals surface area contributed by atoms with Crippen LogP contribution in [-0.4, -0.2) is 61.7 Å². The first kappa shape index (κ1) is 26.7. The fourth-order valence-corrected chi connectivity index (χ4v) is 3.44. The summed E-state index contributed by atoms with van der Waals surface area (Å²) in [7, 11) is 3.96. The number of carbonyl (C=O) groups is 2. The molecule has 0 bridgehead atoms. The Labute approximate surface area is 212 Å². The van der Waals surface area contributed by atoms with E-state index in [1.165, 1.54) is 0 Å². The third-order valence-corrected chi connectivity index (χ3v) is 5.41. The molecule has 7 nitrogen and oxygen atoms in total. The maximum absolute atomic E-state index is 13.2. The number of likely N-dealkylation sites (N-methyl/N-ethyl adjacent to an activating group) is 1. The largest absolute Gasteiger partial charge is 0.492 e. The summed E-state index contributed by atoms with van der Waals surface area (Å²) in [6.07, 6.45) is 2.07. The second-order valence-electron chi connectivity index (χ2n) is 8.64. The number of amides is 2. The summed E-state index contributed by atoms with van der Waals surface area (Å²) >= 11 is 0. The number of nitrogens with one attached hydrogen (secondary N) is 2. The quantitative estimate of drug-likeness (QED) is 0.342. The van der Waals surface area contributed by atoms with Gasteiger partial charge in [-0.1, -0.05) is 60.7 Å². The topological polar surface area (TPSA) is 90.9 Å². The molecule has 3 aromatic rings. The standard InChI is InChI=1S/C29H33N3O4/c1-32(2)17-18-36-26-15-13-23(14-16-26)20-27(31-28(34)24-11-7-4-8-12-24)29(35)30-25(21-33)19-22-9-5-3-6-10-22/h3-16,20,25,33H,17-19,21H2,1-2H3,(H,30,35)(H,31,34)/b27-20+/t25-/m0/s1. The van der Waals surface area contributed by atoms with E-state index in [0.29, 0.717) is 18.6 Å². The molecule has 3 rings (SSSR count). The number of carbonyl (C=O) groups excluding carboxylic acids is 2. The Morgan fingerprint density at radius 3 is 2.19 bits per heavy atom. The van der Waals surface area contributed by atoms with Crippen molar-refractivity contribution in [3.63, 3.8) is 0 Å². The lowest BCUT2D eigenvalue weighted by Gasteiger charge is -2.18. The van der Waals surface area contributed by atoms with E-state index in [2.05, 4.69) is 10.6 Å². The molecule has 0 aliphatic carbocycles. The summed E-state index contributed by atoms with van der Waals surface area (Å²) in [5, 5.41) is 15.4. The number of nitrogens with zero attached hydrogens (tertiary/aromatic N) is 1. The van der Waals surface area contributed by atoms with Crippen LogP contribution in [0.5, 0.6) is 5.75 Å². The van der Waals surface area contributed by atoms with Gasteiger partial charge < -0.3 is 25.4 Å². The molecule has 7 heteroatoms. The molecule has 0 spiro atoms. The minimum Gasteiger partial charge on any atom is -0.492 e. The van der Waals surface area contributed by atoms with Crippen molar-refractivity contribution in [1.29, 1.82) is 0 Å².